The number of fused-ring (bicyclic) bond motifs is 1. The van der Waals surface area contributed by atoms with Gasteiger partial charge in [0.1, 0.15) is 0 Å². The van der Waals surface area contributed by atoms with Crippen molar-refractivity contribution in [2.45, 2.75) is 26.2 Å². The molecule has 0 nitrogen and oxygen atoms in total. The van der Waals surface area contributed by atoms with Crippen LogP contribution in [-0.4, -0.2) is 0 Å². The zero-order valence-electron chi connectivity index (χ0n) is 18.9. The van der Waals surface area contributed by atoms with Crippen molar-refractivity contribution in [2.24, 2.45) is 0 Å². The molecule has 4 rings (SSSR count). The molecule has 0 aromatic heterocycles. The van der Waals surface area contributed by atoms with Crippen LogP contribution in [0, 0.1) is 29.3 Å². The standard InChI is InChI=1S/C30H21F5/c1-2-3-6-19-9-11-20(12-10-19)13-14-21-15-16-25(24-8-5-4-7-23(21)24)29(34)28(33)22-17-26(31)30(35)27(32)18-22/h4-5,7-12,15-18H,2-3,6H2,1H3. The minimum atomic E-state index is -1.74. The highest BCUT2D eigenvalue weighted by Crippen LogP contribution is 2.35. The smallest absolute Gasteiger partial charge is 0.194 e. The fourth-order valence-corrected chi connectivity index (χ4v) is 3.80. The molecular weight excluding hydrogens is 455 g/mol. The summed E-state index contributed by atoms with van der Waals surface area (Å²) in [7, 11) is 0. The Hall–Kier alpha value is -3.91. The molecule has 0 saturated heterocycles. The molecule has 4 aromatic rings. The van der Waals surface area contributed by atoms with Crippen LogP contribution in [0.25, 0.3) is 22.4 Å². The summed E-state index contributed by atoms with van der Waals surface area (Å²) in [5.74, 6) is -1.55. The molecule has 176 valence electrons. The quantitative estimate of drug-likeness (QED) is 0.117. The molecule has 5 heteroatoms. The van der Waals surface area contributed by atoms with Crippen LogP contribution in [0.3, 0.4) is 0 Å². The maximum absolute atomic E-state index is 15.1. The van der Waals surface area contributed by atoms with Gasteiger partial charge in [-0.25, -0.2) is 22.0 Å². The average Bonchev–Trinajstić information content (AvgIpc) is 2.88. The summed E-state index contributed by atoms with van der Waals surface area (Å²) in [6.45, 7) is 2.15. The number of aryl methyl sites for hydroxylation is 1. The van der Waals surface area contributed by atoms with E-state index in [1.54, 1.807) is 30.3 Å². The first kappa shape index (κ1) is 24.2. The molecule has 35 heavy (non-hydrogen) atoms. The third-order valence-corrected chi connectivity index (χ3v) is 5.70. The van der Waals surface area contributed by atoms with Crippen LogP contribution in [0.4, 0.5) is 22.0 Å². The SMILES string of the molecule is CCCCc1ccc(C#Cc2ccc(C(F)=C(F)c3cc(F)c(F)c(F)c3)c3ccccc23)cc1. The van der Waals surface area contributed by atoms with E-state index in [-0.39, 0.29) is 5.56 Å². The largest absolute Gasteiger partial charge is 0.204 e. The van der Waals surface area contributed by atoms with Gasteiger partial charge < -0.3 is 0 Å². The second kappa shape index (κ2) is 10.6. The van der Waals surface area contributed by atoms with Gasteiger partial charge in [-0.15, -0.1) is 0 Å². The van der Waals surface area contributed by atoms with Crippen LogP contribution in [0.1, 0.15) is 47.6 Å². The van der Waals surface area contributed by atoms with Crippen LogP contribution in [-0.2, 0) is 6.42 Å². The summed E-state index contributed by atoms with van der Waals surface area (Å²) in [4.78, 5) is 0. The van der Waals surface area contributed by atoms with Crippen LogP contribution in [0.5, 0.6) is 0 Å². The molecule has 0 spiro atoms. The van der Waals surface area contributed by atoms with Crippen molar-refractivity contribution in [1.82, 2.24) is 0 Å². The lowest BCUT2D eigenvalue weighted by Crippen LogP contribution is -1.94. The lowest BCUT2D eigenvalue weighted by Gasteiger charge is -2.09. The molecule has 0 aliphatic heterocycles. The first-order valence-electron chi connectivity index (χ1n) is 11.2. The molecule has 0 aliphatic carbocycles. The van der Waals surface area contributed by atoms with E-state index in [0.717, 1.165) is 24.8 Å². The third kappa shape index (κ3) is 5.27. The molecule has 0 N–H and O–H groups in total. The van der Waals surface area contributed by atoms with E-state index in [1.807, 2.05) is 24.3 Å². The van der Waals surface area contributed by atoms with Gasteiger partial charge in [-0.3, -0.25) is 0 Å². The Morgan fingerprint density at radius 3 is 2.06 bits per heavy atom. The molecule has 0 bridgehead atoms. The summed E-state index contributed by atoms with van der Waals surface area (Å²) in [5.41, 5.74) is 1.86. The van der Waals surface area contributed by atoms with E-state index >= 15 is 4.39 Å². The number of unbranched alkanes of at least 4 members (excludes halogenated alkanes) is 1. The van der Waals surface area contributed by atoms with Crippen molar-refractivity contribution in [3.63, 3.8) is 0 Å². The Labute approximate surface area is 200 Å². The van der Waals surface area contributed by atoms with Gasteiger partial charge >= 0.3 is 0 Å². The molecule has 0 fully saturated rings. The zero-order valence-corrected chi connectivity index (χ0v) is 18.9. The maximum Gasteiger partial charge on any atom is 0.194 e. The van der Waals surface area contributed by atoms with Crippen LogP contribution in [0.2, 0.25) is 0 Å². The predicted molar refractivity (Wildman–Crippen MR) is 130 cm³/mol. The molecule has 0 aliphatic rings. The molecule has 0 amide bonds. The number of rotatable bonds is 5. The lowest BCUT2D eigenvalue weighted by molar-refractivity contribution is 0.446. The van der Waals surface area contributed by atoms with Gasteiger partial charge in [-0.05, 0) is 59.5 Å². The van der Waals surface area contributed by atoms with Crippen LogP contribution < -0.4 is 0 Å². The molecule has 0 heterocycles. The summed E-state index contributed by atoms with van der Waals surface area (Å²) in [6.07, 6.45) is 3.27. The summed E-state index contributed by atoms with van der Waals surface area (Å²) >= 11 is 0. The second-order valence-corrected chi connectivity index (χ2v) is 8.14. The van der Waals surface area contributed by atoms with Crippen molar-refractivity contribution in [3.8, 4) is 11.8 Å². The Balaban J connectivity index is 1.72. The topological polar surface area (TPSA) is 0 Å². The van der Waals surface area contributed by atoms with Gasteiger partial charge in [-0.1, -0.05) is 67.6 Å². The number of hydrogen-bond donors (Lipinski definition) is 0. The normalized spacial score (nSPS) is 11.7. The number of benzene rings is 4. The van der Waals surface area contributed by atoms with Gasteiger partial charge in [-0.2, -0.15) is 0 Å². The van der Waals surface area contributed by atoms with E-state index < -0.39 is 34.7 Å². The van der Waals surface area contributed by atoms with Crippen LogP contribution in [0.15, 0.2) is 72.8 Å². The highest BCUT2D eigenvalue weighted by molar-refractivity contribution is 6.00. The van der Waals surface area contributed by atoms with Crippen molar-refractivity contribution in [3.05, 3.63) is 118 Å². The third-order valence-electron chi connectivity index (χ3n) is 5.70. The summed E-state index contributed by atoms with van der Waals surface area (Å²) in [6, 6.07) is 18.5. The predicted octanol–water partition coefficient (Wildman–Crippen LogP) is 8.76. The highest BCUT2D eigenvalue weighted by atomic mass is 19.2. The van der Waals surface area contributed by atoms with Gasteiger partial charge in [0.25, 0.3) is 0 Å². The minimum Gasteiger partial charge on any atom is -0.204 e. The van der Waals surface area contributed by atoms with Gasteiger partial charge in [0.2, 0.25) is 0 Å². The van der Waals surface area contributed by atoms with Gasteiger partial charge in [0, 0.05) is 22.3 Å². The first-order valence-corrected chi connectivity index (χ1v) is 11.2. The molecule has 0 unspecified atom stereocenters. The fraction of sp³-hybridized carbons (Fsp3) is 0.133. The molecule has 0 radical (unpaired) electrons. The maximum atomic E-state index is 15.1. The Morgan fingerprint density at radius 2 is 1.40 bits per heavy atom. The minimum absolute atomic E-state index is 0.103. The van der Waals surface area contributed by atoms with Crippen molar-refractivity contribution in [1.29, 1.82) is 0 Å². The first-order chi connectivity index (χ1) is 16.9. The van der Waals surface area contributed by atoms with Crippen molar-refractivity contribution >= 4 is 22.4 Å². The van der Waals surface area contributed by atoms with Gasteiger partial charge in [0.15, 0.2) is 29.1 Å². The monoisotopic (exact) mass is 476 g/mol. The number of hydrogen-bond acceptors (Lipinski definition) is 0. The molecule has 0 atom stereocenters. The Kier molecular flexibility index (Phi) is 7.31. The van der Waals surface area contributed by atoms with E-state index in [0.29, 0.717) is 28.5 Å². The molecular formula is C30H21F5. The van der Waals surface area contributed by atoms with E-state index in [2.05, 4.69) is 18.8 Å². The van der Waals surface area contributed by atoms with Gasteiger partial charge in [0.05, 0.1) is 0 Å². The Bertz CT molecular complexity index is 1450. The van der Waals surface area contributed by atoms with E-state index in [4.69, 9.17) is 0 Å². The zero-order chi connectivity index (χ0) is 24.9. The average molecular weight is 476 g/mol. The lowest BCUT2D eigenvalue weighted by atomic mass is 9.97. The second-order valence-electron chi connectivity index (χ2n) is 8.14. The highest BCUT2D eigenvalue weighted by Gasteiger charge is 2.19. The van der Waals surface area contributed by atoms with E-state index in [9.17, 15) is 17.6 Å². The Morgan fingerprint density at radius 1 is 0.743 bits per heavy atom. The molecule has 4 aromatic carbocycles. The van der Waals surface area contributed by atoms with E-state index in [1.165, 1.54) is 11.6 Å². The van der Waals surface area contributed by atoms with Crippen LogP contribution >= 0.6 is 0 Å². The molecule has 0 saturated carbocycles. The van der Waals surface area contributed by atoms with Crippen molar-refractivity contribution < 1.29 is 22.0 Å². The summed E-state index contributed by atoms with van der Waals surface area (Å²) < 4.78 is 70.3. The number of halogens is 5. The summed E-state index contributed by atoms with van der Waals surface area (Å²) in [5, 5.41) is 0.974. The van der Waals surface area contributed by atoms with Crippen molar-refractivity contribution in [2.75, 3.05) is 0 Å². The fourth-order valence-electron chi connectivity index (χ4n) is 3.80.